The Balaban J connectivity index is 1.94. The first-order valence-corrected chi connectivity index (χ1v) is 7.60. The summed E-state index contributed by atoms with van der Waals surface area (Å²) >= 11 is 6.12. The number of nitrogens with zero attached hydrogens (tertiary/aromatic N) is 1. The molecule has 0 saturated carbocycles. The van der Waals surface area contributed by atoms with Crippen molar-refractivity contribution in [1.29, 1.82) is 0 Å². The molecule has 0 fully saturated rings. The second-order valence-corrected chi connectivity index (χ2v) is 6.00. The van der Waals surface area contributed by atoms with E-state index in [2.05, 4.69) is 24.6 Å². The highest BCUT2D eigenvalue weighted by Crippen LogP contribution is 2.28. The predicted molar refractivity (Wildman–Crippen MR) is 88.1 cm³/mol. The van der Waals surface area contributed by atoms with Crippen molar-refractivity contribution < 1.29 is 9.13 Å². The van der Waals surface area contributed by atoms with E-state index in [0.29, 0.717) is 23.4 Å². The van der Waals surface area contributed by atoms with Gasteiger partial charge in [0.25, 0.3) is 0 Å². The van der Waals surface area contributed by atoms with Crippen LogP contribution >= 0.6 is 11.6 Å². The van der Waals surface area contributed by atoms with E-state index in [4.69, 9.17) is 16.3 Å². The molecule has 0 radical (unpaired) electrons. The van der Waals surface area contributed by atoms with Crippen molar-refractivity contribution in [2.24, 2.45) is 0 Å². The van der Waals surface area contributed by atoms with Gasteiger partial charge in [0.15, 0.2) is 0 Å². The summed E-state index contributed by atoms with van der Waals surface area (Å²) in [5, 5.41) is 1.76. The van der Waals surface area contributed by atoms with Gasteiger partial charge in [-0.3, -0.25) is 0 Å². The fourth-order valence-corrected chi connectivity index (χ4v) is 2.73. The Morgan fingerprint density at radius 2 is 2.00 bits per heavy atom. The first kappa shape index (κ1) is 14.9. The van der Waals surface area contributed by atoms with Crippen molar-refractivity contribution >= 4 is 22.5 Å². The maximum absolute atomic E-state index is 13.2. The van der Waals surface area contributed by atoms with Crippen LogP contribution in [0, 0.1) is 5.82 Å². The van der Waals surface area contributed by atoms with E-state index in [0.717, 1.165) is 16.5 Å². The lowest BCUT2D eigenvalue weighted by Crippen LogP contribution is -1.98. The Morgan fingerprint density at radius 1 is 1.18 bits per heavy atom. The van der Waals surface area contributed by atoms with Crippen molar-refractivity contribution in [2.75, 3.05) is 0 Å². The summed E-state index contributed by atoms with van der Waals surface area (Å²) in [5.41, 5.74) is 2.16. The molecular weight excluding hydrogens is 301 g/mol. The average molecular weight is 318 g/mol. The first-order chi connectivity index (χ1) is 10.5. The summed E-state index contributed by atoms with van der Waals surface area (Å²) < 4.78 is 21.1. The Hall–Kier alpha value is -2.00. The zero-order chi connectivity index (χ0) is 15.7. The number of ether oxygens (including phenoxy) is 1. The standard InChI is InChI=1S/C18H17ClFNO/c1-12(2)21-10-13(17-8-14(19)6-7-18(17)21)11-22-16-5-3-4-15(20)9-16/h3-10,12H,11H2,1-2H3. The molecule has 0 N–H and O–H groups in total. The van der Waals surface area contributed by atoms with Crippen LogP contribution in [0.3, 0.4) is 0 Å². The van der Waals surface area contributed by atoms with Crippen LogP contribution in [-0.2, 0) is 6.61 Å². The summed E-state index contributed by atoms with van der Waals surface area (Å²) in [6.45, 7) is 4.64. The summed E-state index contributed by atoms with van der Waals surface area (Å²) in [4.78, 5) is 0. The third kappa shape index (κ3) is 2.95. The molecule has 0 amide bonds. The summed E-state index contributed by atoms with van der Waals surface area (Å²) in [6, 6.07) is 12.4. The van der Waals surface area contributed by atoms with Crippen LogP contribution in [0.5, 0.6) is 5.75 Å². The monoisotopic (exact) mass is 317 g/mol. The van der Waals surface area contributed by atoms with Crippen molar-refractivity contribution in [1.82, 2.24) is 4.57 Å². The van der Waals surface area contributed by atoms with Gasteiger partial charge in [-0.15, -0.1) is 0 Å². The molecule has 0 atom stereocenters. The smallest absolute Gasteiger partial charge is 0.126 e. The molecule has 3 rings (SSSR count). The highest BCUT2D eigenvalue weighted by Gasteiger charge is 2.11. The van der Waals surface area contributed by atoms with Crippen molar-refractivity contribution in [2.45, 2.75) is 26.5 Å². The zero-order valence-electron chi connectivity index (χ0n) is 12.5. The normalized spacial score (nSPS) is 11.3. The number of benzene rings is 2. The van der Waals surface area contributed by atoms with E-state index in [1.807, 2.05) is 18.2 Å². The molecule has 0 aliphatic rings. The number of hydrogen-bond donors (Lipinski definition) is 0. The van der Waals surface area contributed by atoms with E-state index in [-0.39, 0.29) is 5.82 Å². The highest BCUT2D eigenvalue weighted by atomic mass is 35.5. The van der Waals surface area contributed by atoms with Crippen LogP contribution in [-0.4, -0.2) is 4.57 Å². The molecule has 1 aromatic heterocycles. The van der Waals surface area contributed by atoms with Crippen molar-refractivity contribution in [3.8, 4) is 5.75 Å². The van der Waals surface area contributed by atoms with E-state index >= 15 is 0 Å². The largest absolute Gasteiger partial charge is 0.489 e. The maximum atomic E-state index is 13.2. The van der Waals surface area contributed by atoms with Gasteiger partial charge >= 0.3 is 0 Å². The second kappa shape index (κ2) is 6.01. The number of aromatic nitrogens is 1. The van der Waals surface area contributed by atoms with E-state index in [1.165, 1.54) is 12.1 Å². The van der Waals surface area contributed by atoms with Crippen molar-refractivity contribution in [3.05, 3.63) is 65.1 Å². The Morgan fingerprint density at radius 3 is 2.73 bits per heavy atom. The van der Waals surface area contributed by atoms with Gasteiger partial charge in [-0.1, -0.05) is 17.7 Å². The van der Waals surface area contributed by atoms with E-state index in [1.54, 1.807) is 12.1 Å². The van der Waals surface area contributed by atoms with E-state index < -0.39 is 0 Å². The number of hydrogen-bond acceptors (Lipinski definition) is 1. The van der Waals surface area contributed by atoms with Gasteiger partial charge in [0.05, 0.1) is 0 Å². The Labute approximate surface area is 134 Å². The van der Waals surface area contributed by atoms with Gasteiger partial charge in [-0.05, 0) is 44.2 Å². The molecule has 0 spiro atoms. The molecule has 0 unspecified atom stereocenters. The quantitative estimate of drug-likeness (QED) is 0.611. The molecule has 2 nitrogen and oxygen atoms in total. The molecule has 4 heteroatoms. The lowest BCUT2D eigenvalue weighted by molar-refractivity contribution is 0.305. The summed E-state index contributed by atoms with van der Waals surface area (Å²) in [6.07, 6.45) is 2.07. The average Bonchev–Trinajstić information content (AvgIpc) is 2.83. The Kier molecular flexibility index (Phi) is 4.08. The molecular formula is C18H17ClFNO. The Bertz CT molecular complexity index is 810. The fourth-order valence-electron chi connectivity index (χ4n) is 2.56. The summed E-state index contributed by atoms with van der Waals surface area (Å²) in [7, 11) is 0. The van der Waals surface area contributed by atoms with E-state index in [9.17, 15) is 4.39 Å². The van der Waals surface area contributed by atoms with Gasteiger partial charge in [0.2, 0.25) is 0 Å². The molecule has 0 saturated heterocycles. The molecule has 1 heterocycles. The molecule has 0 aliphatic carbocycles. The van der Waals surface area contributed by atoms with Gasteiger partial charge in [0, 0.05) is 39.8 Å². The fraction of sp³-hybridized carbons (Fsp3) is 0.222. The molecule has 0 aliphatic heterocycles. The molecule has 0 bridgehead atoms. The zero-order valence-corrected chi connectivity index (χ0v) is 13.3. The van der Waals surface area contributed by atoms with Gasteiger partial charge in [-0.25, -0.2) is 4.39 Å². The minimum Gasteiger partial charge on any atom is -0.489 e. The molecule has 2 aromatic carbocycles. The van der Waals surface area contributed by atoms with Gasteiger partial charge in [0.1, 0.15) is 18.2 Å². The SMILES string of the molecule is CC(C)n1cc(COc2cccc(F)c2)c2cc(Cl)ccc21. The second-order valence-electron chi connectivity index (χ2n) is 5.56. The topological polar surface area (TPSA) is 14.2 Å². The van der Waals surface area contributed by atoms with Crippen LogP contribution in [0.25, 0.3) is 10.9 Å². The summed E-state index contributed by atoms with van der Waals surface area (Å²) in [5.74, 6) is 0.220. The van der Waals surface area contributed by atoms with Gasteiger partial charge in [-0.2, -0.15) is 0 Å². The van der Waals surface area contributed by atoms with Gasteiger partial charge < -0.3 is 9.30 Å². The van der Waals surface area contributed by atoms with Crippen molar-refractivity contribution in [3.63, 3.8) is 0 Å². The maximum Gasteiger partial charge on any atom is 0.126 e. The van der Waals surface area contributed by atoms with Crippen LogP contribution in [0.2, 0.25) is 5.02 Å². The highest BCUT2D eigenvalue weighted by molar-refractivity contribution is 6.31. The van der Waals surface area contributed by atoms with Crippen LogP contribution in [0.4, 0.5) is 4.39 Å². The lowest BCUT2D eigenvalue weighted by atomic mass is 10.2. The molecule has 3 aromatic rings. The predicted octanol–water partition coefficient (Wildman–Crippen LogP) is 5.59. The van der Waals surface area contributed by atoms with Crippen LogP contribution < -0.4 is 4.74 Å². The third-order valence-corrected chi connectivity index (χ3v) is 3.86. The minimum atomic E-state index is -0.301. The lowest BCUT2D eigenvalue weighted by Gasteiger charge is -2.08. The number of halogens is 2. The van der Waals surface area contributed by atoms with Crippen LogP contribution in [0.15, 0.2) is 48.7 Å². The molecule has 114 valence electrons. The van der Waals surface area contributed by atoms with Crippen LogP contribution in [0.1, 0.15) is 25.5 Å². The number of rotatable bonds is 4. The molecule has 22 heavy (non-hydrogen) atoms. The number of fused-ring (bicyclic) bond motifs is 1. The third-order valence-electron chi connectivity index (χ3n) is 3.62. The first-order valence-electron chi connectivity index (χ1n) is 7.22. The minimum absolute atomic E-state index is 0.301.